The van der Waals surface area contributed by atoms with Crippen molar-refractivity contribution in [3.05, 3.63) is 0 Å². The molecule has 1 saturated carbocycles. The van der Waals surface area contributed by atoms with E-state index in [1.807, 2.05) is 11.9 Å². The first-order chi connectivity index (χ1) is 19.4. The van der Waals surface area contributed by atoms with Crippen LogP contribution in [-0.2, 0) is 19.0 Å². The van der Waals surface area contributed by atoms with Crippen molar-refractivity contribution in [1.29, 1.82) is 5.26 Å². The van der Waals surface area contributed by atoms with Gasteiger partial charge in [0, 0.05) is 32.8 Å². The number of rotatable bonds is 6. The molecule has 2 unspecified atom stereocenters. The number of alkyl carbamates (subject to hydrolysis) is 1. The number of amides is 2. The van der Waals surface area contributed by atoms with Crippen LogP contribution in [0.5, 0.6) is 0 Å². The number of hydrogen-bond acceptors (Lipinski definition) is 8. The standard InChI is InChI=1S/C23H38N6O4.C6H12O/c1-28-10-8-23(17-24,9-11-28)27-20(30)19(16-18-6-4-3-5-7-18)25-21(26-22(31)32-2)29-12-14-33-15-13-29;1-2-6-4-3-5-7-6/h18-19H,3-16H2,1-2H3,(H,27,30)(H,25,26,31);6H,2-5H2,1H3. The number of carbonyl (C=O) groups is 2. The van der Waals surface area contributed by atoms with Crippen LogP contribution in [0.3, 0.4) is 0 Å². The van der Waals surface area contributed by atoms with Gasteiger partial charge in [0.2, 0.25) is 11.9 Å². The number of nitriles is 1. The first-order valence-electron chi connectivity index (χ1n) is 15.2. The molecule has 4 fully saturated rings. The molecule has 3 saturated heterocycles. The summed E-state index contributed by atoms with van der Waals surface area (Å²) >= 11 is 0. The molecule has 2 N–H and O–H groups in total. The SMILES string of the molecule is CCC1CCCO1.COC(=O)NC(=NC(CC1CCCCC1)C(=O)NC1(C#N)CCN(C)CC1)N1CCOCC1. The molecule has 4 rings (SSSR count). The number of morpholine rings is 1. The minimum Gasteiger partial charge on any atom is -0.453 e. The molecule has 0 bridgehead atoms. The van der Waals surface area contributed by atoms with Gasteiger partial charge < -0.3 is 29.3 Å². The molecule has 0 radical (unpaired) electrons. The number of methoxy groups -OCH3 is 1. The van der Waals surface area contributed by atoms with Crippen LogP contribution in [0.1, 0.15) is 77.6 Å². The fourth-order valence-corrected chi connectivity index (χ4v) is 5.77. The Labute approximate surface area is 240 Å². The molecule has 0 spiro atoms. The molecule has 4 aliphatic rings. The number of aliphatic imine (C=N–C) groups is 1. The number of piperidine rings is 1. The van der Waals surface area contributed by atoms with E-state index in [0.29, 0.717) is 63.5 Å². The molecule has 226 valence electrons. The van der Waals surface area contributed by atoms with Crippen molar-refractivity contribution in [3.8, 4) is 6.07 Å². The zero-order valence-electron chi connectivity index (χ0n) is 24.8. The molecule has 2 amide bonds. The van der Waals surface area contributed by atoms with Crippen LogP contribution in [0.2, 0.25) is 0 Å². The van der Waals surface area contributed by atoms with E-state index < -0.39 is 17.7 Å². The monoisotopic (exact) mass is 562 g/mol. The van der Waals surface area contributed by atoms with Crippen molar-refractivity contribution < 1.29 is 23.8 Å². The van der Waals surface area contributed by atoms with Crippen molar-refractivity contribution in [2.45, 2.75) is 95.2 Å². The van der Waals surface area contributed by atoms with Gasteiger partial charge in [-0.3, -0.25) is 10.1 Å². The van der Waals surface area contributed by atoms with Gasteiger partial charge in [-0.05, 0) is 51.5 Å². The smallest absolute Gasteiger partial charge is 0.413 e. The van der Waals surface area contributed by atoms with Crippen molar-refractivity contribution in [3.63, 3.8) is 0 Å². The maximum atomic E-state index is 13.5. The lowest BCUT2D eigenvalue weighted by atomic mass is 9.84. The molecule has 0 aromatic rings. The Morgan fingerprint density at radius 1 is 1.07 bits per heavy atom. The van der Waals surface area contributed by atoms with Gasteiger partial charge >= 0.3 is 6.09 Å². The molecular weight excluding hydrogens is 512 g/mol. The Kier molecular flexibility index (Phi) is 13.4. The average molecular weight is 563 g/mol. The topological polar surface area (TPSA) is 129 Å². The van der Waals surface area contributed by atoms with Gasteiger partial charge in [0.25, 0.3) is 0 Å². The van der Waals surface area contributed by atoms with E-state index in [0.717, 1.165) is 45.4 Å². The highest BCUT2D eigenvalue weighted by Crippen LogP contribution is 2.29. The third kappa shape index (κ3) is 10.2. The second-order valence-electron chi connectivity index (χ2n) is 11.5. The third-order valence-corrected chi connectivity index (χ3v) is 8.47. The summed E-state index contributed by atoms with van der Waals surface area (Å²) in [5.74, 6) is 0.484. The molecule has 0 aromatic heterocycles. The Hall–Kier alpha value is -2.42. The lowest BCUT2D eigenvalue weighted by Gasteiger charge is -2.37. The lowest BCUT2D eigenvalue weighted by Crippen LogP contribution is -2.56. The summed E-state index contributed by atoms with van der Waals surface area (Å²) in [4.78, 5) is 34.4. The highest BCUT2D eigenvalue weighted by atomic mass is 16.5. The maximum absolute atomic E-state index is 13.5. The van der Waals surface area contributed by atoms with Crippen molar-refractivity contribution >= 4 is 18.0 Å². The molecule has 11 heteroatoms. The molecule has 0 aromatic carbocycles. The van der Waals surface area contributed by atoms with Crippen molar-refractivity contribution in [1.82, 2.24) is 20.4 Å². The minimum atomic E-state index is -0.876. The Bertz CT molecular complexity index is 851. The number of carbonyl (C=O) groups excluding carboxylic acids is 2. The number of ether oxygens (including phenoxy) is 3. The molecule has 11 nitrogen and oxygen atoms in total. The summed E-state index contributed by atoms with van der Waals surface area (Å²) in [6, 6.07) is 1.67. The van der Waals surface area contributed by atoms with Gasteiger partial charge in [0.05, 0.1) is 32.5 Å². The highest BCUT2D eigenvalue weighted by Gasteiger charge is 2.38. The van der Waals surface area contributed by atoms with Crippen molar-refractivity contribution in [2.75, 3.05) is 60.2 Å². The van der Waals surface area contributed by atoms with E-state index in [9.17, 15) is 14.9 Å². The van der Waals surface area contributed by atoms with E-state index >= 15 is 0 Å². The Morgan fingerprint density at radius 3 is 2.33 bits per heavy atom. The molecule has 1 aliphatic carbocycles. The molecule has 3 heterocycles. The zero-order valence-corrected chi connectivity index (χ0v) is 24.8. The van der Waals surface area contributed by atoms with Crippen LogP contribution in [0.15, 0.2) is 4.99 Å². The second kappa shape index (κ2) is 16.7. The number of nitrogens with one attached hydrogen (secondary N) is 2. The summed E-state index contributed by atoms with van der Waals surface area (Å²) in [6.07, 6.45) is 11.2. The third-order valence-electron chi connectivity index (χ3n) is 8.47. The van der Waals surface area contributed by atoms with Gasteiger partial charge in [0.1, 0.15) is 11.6 Å². The van der Waals surface area contributed by atoms with E-state index in [1.54, 1.807) is 0 Å². The number of nitrogens with zero attached hydrogens (tertiary/aromatic N) is 4. The van der Waals surface area contributed by atoms with E-state index in [2.05, 4.69) is 28.5 Å². The summed E-state index contributed by atoms with van der Waals surface area (Å²) < 4.78 is 15.5. The minimum absolute atomic E-state index is 0.246. The maximum Gasteiger partial charge on any atom is 0.413 e. The summed E-state index contributed by atoms with van der Waals surface area (Å²) in [5, 5.41) is 15.6. The Balaban J connectivity index is 0.000000547. The normalized spacial score (nSPS) is 24.7. The van der Waals surface area contributed by atoms with Crippen LogP contribution < -0.4 is 10.6 Å². The molecule has 3 aliphatic heterocycles. The largest absolute Gasteiger partial charge is 0.453 e. The highest BCUT2D eigenvalue weighted by molar-refractivity contribution is 5.96. The van der Waals surface area contributed by atoms with Gasteiger partial charge in [-0.1, -0.05) is 39.0 Å². The van der Waals surface area contributed by atoms with Gasteiger partial charge in [-0.15, -0.1) is 0 Å². The molecule has 40 heavy (non-hydrogen) atoms. The van der Waals surface area contributed by atoms with Gasteiger partial charge in [0.15, 0.2) is 0 Å². The zero-order chi connectivity index (χ0) is 28.8. The number of guanidine groups is 1. The fraction of sp³-hybridized carbons (Fsp3) is 0.862. The van der Waals surface area contributed by atoms with Crippen LogP contribution in [-0.4, -0.2) is 106 Å². The van der Waals surface area contributed by atoms with Crippen LogP contribution in [0.25, 0.3) is 0 Å². The summed E-state index contributed by atoms with van der Waals surface area (Å²) in [6.45, 7) is 6.86. The number of likely N-dealkylation sites (tertiary alicyclic amines) is 1. The summed E-state index contributed by atoms with van der Waals surface area (Å²) in [5.41, 5.74) is -0.876. The van der Waals surface area contributed by atoms with Crippen LogP contribution >= 0.6 is 0 Å². The quantitative estimate of drug-likeness (QED) is 0.373. The van der Waals surface area contributed by atoms with Crippen LogP contribution in [0, 0.1) is 17.2 Å². The van der Waals surface area contributed by atoms with Gasteiger partial charge in [-0.2, -0.15) is 5.26 Å². The van der Waals surface area contributed by atoms with E-state index in [-0.39, 0.29) is 5.91 Å². The first kappa shape index (κ1) is 32.1. The lowest BCUT2D eigenvalue weighted by molar-refractivity contribution is -0.124. The van der Waals surface area contributed by atoms with E-state index in [1.165, 1.54) is 32.8 Å². The first-order valence-corrected chi connectivity index (χ1v) is 15.2. The molecule has 2 atom stereocenters. The van der Waals surface area contributed by atoms with E-state index in [4.69, 9.17) is 19.2 Å². The molecular formula is C29H50N6O5. The predicted octanol–water partition coefficient (Wildman–Crippen LogP) is 3.05. The second-order valence-corrected chi connectivity index (χ2v) is 11.5. The average Bonchev–Trinajstić information content (AvgIpc) is 3.53. The number of hydrogen-bond donors (Lipinski definition) is 2. The van der Waals surface area contributed by atoms with Gasteiger partial charge in [-0.25, -0.2) is 9.79 Å². The Morgan fingerprint density at radius 2 is 1.77 bits per heavy atom. The fourth-order valence-electron chi connectivity index (χ4n) is 5.77. The van der Waals surface area contributed by atoms with Crippen LogP contribution in [0.4, 0.5) is 4.79 Å². The van der Waals surface area contributed by atoms with Crippen molar-refractivity contribution in [2.24, 2.45) is 10.9 Å². The summed E-state index contributed by atoms with van der Waals surface area (Å²) in [7, 11) is 3.32. The predicted molar refractivity (Wildman–Crippen MR) is 153 cm³/mol.